The molecule has 0 saturated heterocycles. The molecule has 4 rings (SSSR count). The minimum Gasteiger partial charge on any atom is -0.481 e. The Hall–Kier alpha value is -3.68. The van der Waals surface area contributed by atoms with E-state index in [1.807, 2.05) is 24.3 Å². The number of H-pyrrole nitrogens is 1. The second-order valence-corrected chi connectivity index (χ2v) is 6.11. The second kappa shape index (κ2) is 6.56. The van der Waals surface area contributed by atoms with E-state index in [1.165, 1.54) is 18.2 Å². The SMILES string of the molecule is O=C(O)CC(NC(=O)c1cc2nc3ccccc3n2[nH]1)c1ccccc1F. The average molecular weight is 366 g/mol. The number of halogens is 1. The van der Waals surface area contributed by atoms with Crippen molar-refractivity contribution in [2.45, 2.75) is 12.5 Å². The first-order valence-corrected chi connectivity index (χ1v) is 8.26. The predicted octanol–water partition coefficient (Wildman–Crippen LogP) is 2.90. The third-order valence-corrected chi connectivity index (χ3v) is 4.30. The molecule has 0 radical (unpaired) electrons. The summed E-state index contributed by atoms with van der Waals surface area (Å²) in [6, 6.07) is 13.8. The van der Waals surface area contributed by atoms with Crippen LogP contribution in [0.5, 0.6) is 0 Å². The van der Waals surface area contributed by atoms with Gasteiger partial charge in [-0.25, -0.2) is 13.9 Å². The van der Waals surface area contributed by atoms with E-state index >= 15 is 0 Å². The summed E-state index contributed by atoms with van der Waals surface area (Å²) in [5, 5.41) is 14.7. The fourth-order valence-electron chi connectivity index (χ4n) is 3.06. The van der Waals surface area contributed by atoms with Crippen LogP contribution >= 0.6 is 0 Å². The molecule has 4 aromatic rings. The molecule has 7 nitrogen and oxygen atoms in total. The van der Waals surface area contributed by atoms with Crippen LogP contribution in [0.2, 0.25) is 0 Å². The summed E-state index contributed by atoms with van der Waals surface area (Å²) in [6.07, 6.45) is -0.437. The summed E-state index contributed by atoms with van der Waals surface area (Å²) in [4.78, 5) is 28.2. The highest BCUT2D eigenvalue weighted by Crippen LogP contribution is 2.21. The molecule has 0 bridgehead atoms. The van der Waals surface area contributed by atoms with Crippen molar-refractivity contribution in [3.05, 3.63) is 71.7 Å². The van der Waals surface area contributed by atoms with E-state index in [1.54, 1.807) is 16.6 Å². The molecular weight excluding hydrogens is 351 g/mol. The highest BCUT2D eigenvalue weighted by Gasteiger charge is 2.23. The van der Waals surface area contributed by atoms with Crippen LogP contribution in [0, 0.1) is 5.82 Å². The molecule has 2 aromatic carbocycles. The Morgan fingerprint density at radius 3 is 2.70 bits per heavy atom. The molecule has 2 heterocycles. The number of benzene rings is 2. The Balaban J connectivity index is 1.65. The number of carboxylic acids is 1. The summed E-state index contributed by atoms with van der Waals surface area (Å²) in [5.41, 5.74) is 2.47. The normalized spacial score (nSPS) is 12.3. The lowest BCUT2D eigenvalue weighted by molar-refractivity contribution is -0.137. The highest BCUT2D eigenvalue weighted by molar-refractivity contribution is 5.95. The zero-order chi connectivity index (χ0) is 19.0. The van der Waals surface area contributed by atoms with Gasteiger partial charge in [0.1, 0.15) is 11.5 Å². The lowest BCUT2D eigenvalue weighted by atomic mass is 10.0. The summed E-state index contributed by atoms with van der Waals surface area (Å²) >= 11 is 0. The Kier molecular flexibility index (Phi) is 4.08. The van der Waals surface area contributed by atoms with E-state index in [0.29, 0.717) is 5.65 Å². The second-order valence-electron chi connectivity index (χ2n) is 6.11. The van der Waals surface area contributed by atoms with Gasteiger partial charge in [0.25, 0.3) is 5.91 Å². The number of amides is 1. The van der Waals surface area contributed by atoms with Crippen molar-refractivity contribution in [2.75, 3.05) is 0 Å². The van der Waals surface area contributed by atoms with Gasteiger partial charge in [0, 0.05) is 11.6 Å². The van der Waals surface area contributed by atoms with E-state index in [2.05, 4.69) is 15.4 Å². The standard InChI is InChI=1S/C19H15FN4O3/c20-12-6-2-1-5-11(12)14(10-18(25)26)22-19(27)15-9-17-21-13-7-3-4-8-16(13)24(17)23-15/h1-9,14,23H,10H2,(H,22,27)(H,25,26). The van der Waals surface area contributed by atoms with Gasteiger partial charge in [0.15, 0.2) is 5.65 Å². The Labute approximate surface area is 152 Å². The quantitative estimate of drug-likeness (QED) is 0.506. The fraction of sp³-hybridized carbons (Fsp3) is 0.105. The van der Waals surface area contributed by atoms with Crippen LogP contribution in [0.25, 0.3) is 16.7 Å². The van der Waals surface area contributed by atoms with Crippen LogP contribution in [-0.4, -0.2) is 31.6 Å². The largest absolute Gasteiger partial charge is 0.481 e. The molecule has 1 unspecified atom stereocenters. The average Bonchev–Trinajstić information content (AvgIpc) is 3.19. The smallest absolute Gasteiger partial charge is 0.305 e. The van der Waals surface area contributed by atoms with Gasteiger partial charge in [0.05, 0.1) is 23.5 Å². The van der Waals surface area contributed by atoms with Crippen molar-refractivity contribution in [1.29, 1.82) is 0 Å². The molecule has 0 aliphatic carbocycles. The maximum absolute atomic E-state index is 14.1. The van der Waals surface area contributed by atoms with Gasteiger partial charge >= 0.3 is 5.97 Å². The number of carbonyl (C=O) groups excluding carboxylic acids is 1. The number of hydrogen-bond acceptors (Lipinski definition) is 3. The van der Waals surface area contributed by atoms with E-state index in [0.717, 1.165) is 11.0 Å². The molecule has 0 aliphatic heterocycles. The number of rotatable bonds is 5. The van der Waals surface area contributed by atoms with Gasteiger partial charge in [-0.3, -0.25) is 14.7 Å². The Morgan fingerprint density at radius 2 is 1.93 bits per heavy atom. The van der Waals surface area contributed by atoms with Crippen molar-refractivity contribution in [3.8, 4) is 0 Å². The van der Waals surface area contributed by atoms with E-state index in [-0.39, 0.29) is 11.3 Å². The number of hydrogen-bond donors (Lipinski definition) is 3. The molecule has 136 valence electrons. The van der Waals surface area contributed by atoms with Crippen molar-refractivity contribution < 1.29 is 19.1 Å². The van der Waals surface area contributed by atoms with Gasteiger partial charge in [-0.05, 0) is 18.2 Å². The molecule has 2 aromatic heterocycles. The third-order valence-electron chi connectivity index (χ3n) is 4.30. The van der Waals surface area contributed by atoms with Crippen molar-refractivity contribution in [2.24, 2.45) is 0 Å². The van der Waals surface area contributed by atoms with Gasteiger partial charge in [0.2, 0.25) is 0 Å². The molecule has 0 saturated carbocycles. The van der Waals surface area contributed by atoms with Crippen LogP contribution in [0.1, 0.15) is 28.5 Å². The van der Waals surface area contributed by atoms with Crippen LogP contribution in [0.4, 0.5) is 4.39 Å². The molecule has 0 spiro atoms. The first-order valence-electron chi connectivity index (χ1n) is 8.26. The molecule has 1 amide bonds. The number of carbonyl (C=O) groups is 2. The minimum absolute atomic E-state index is 0.120. The monoisotopic (exact) mass is 366 g/mol. The maximum Gasteiger partial charge on any atom is 0.305 e. The topological polar surface area (TPSA) is 99.5 Å². The number of carboxylic acid groups (broad SMARTS) is 1. The Bertz CT molecular complexity index is 1160. The summed E-state index contributed by atoms with van der Waals surface area (Å²) < 4.78 is 15.7. The lowest BCUT2D eigenvalue weighted by Crippen LogP contribution is -2.31. The number of para-hydroxylation sites is 2. The Morgan fingerprint density at radius 1 is 1.19 bits per heavy atom. The number of nitrogens with one attached hydrogen (secondary N) is 2. The van der Waals surface area contributed by atoms with E-state index in [9.17, 15) is 14.0 Å². The zero-order valence-corrected chi connectivity index (χ0v) is 14.0. The lowest BCUT2D eigenvalue weighted by Gasteiger charge is -2.17. The summed E-state index contributed by atoms with van der Waals surface area (Å²) in [5.74, 6) is -2.26. The number of aromatic nitrogens is 3. The summed E-state index contributed by atoms with van der Waals surface area (Å²) in [6.45, 7) is 0. The van der Waals surface area contributed by atoms with Crippen LogP contribution in [0.3, 0.4) is 0 Å². The van der Waals surface area contributed by atoms with Crippen LogP contribution in [0.15, 0.2) is 54.6 Å². The van der Waals surface area contributed by atoms with Crippen molar-refractivity contribution in [1.82, 2.24) is 19.9 Å². The van der Waals surface area contributed by atoms with E-state index < -0.39 is 30.2 Å². The van der Waals surface area contributed by atoms with Crippen LogP contribution in [-0.2, 0) is 4.79 Å². The number of nitrogens with zero attached hydrogens (tertiary/aromatic N) is 2. The van der Waals surface area contributed by atoms with Gasteiger partial charge in [-0.2, -0.15) is 0 Å². The summed E-state index contributed by atoms with van der Waals surface area (Å²) in [7, 11) is 0. The van der Waals surface area contributed by atoms with E-state index in [4.69, 9.17) is 5.11 Å². The molecule has 27 heavy (non-hydrogen) atoms. The van der Waals surface area contributed by atoms with Gasteiger partial charge in [-0.1, -0.05) is 30.3 Å². The molecule has 3 N–H and O–H groups in total. The fourth-order valence-corrected chi connectivity index (χ4v) is 3.06. The van der Waals surface area contributed by atoms with Crippen molar-refractivity contribution in [3.63, 3.8) is 0 Å². The predicted molar refractivity (Wildman–Crippen MR) is 95.9 cm³/mol. The molecule has 0 fully saturated rings. The number of imidazole rings is 1. The highest BCUT2D eigenvalue weighted by atomic mass is 19.1. The number of aliphatic carboxylic acids is 1. The minimum atomic E-state index is -1.14. The molecular formula is C19H15FN4O3. The molecule has 1 atom stereocenters. The van der Waals surface area contributed by atoms with Crippen molar-refractivity contribution >= 4 is 28.6 Å². The first kappa shape index (κ1) is 16.8. The maximum atomic E-state index is 14.1. The number of aromatic amines is 1. The first-order chi connectivity index (χ1) is 13.0. The third kappa shape index (κ3) is 3.12. The van der Waals surface area contributed by atoms with Gasteiger partial charge < -0.3 is 10.4 Å². The zero-order valence-electron chi connectivity index (χ0n) is 14.0. The van der Waals surface area contributed by atoms with Gasteiger partial charge in [-0.15, -0.1) is 0 Å². The molecule has 0 aliphatic rings. The van der Waals surface area contributed by atoms with Crippen LogP contribution < -0.4 is 5.32 Å². The number of fused-ring (bicyclic) bond motifs is 3. The molecule has 8 heteroatoms.